The van der Waals surface area contributed by atoms with Crippen molar-refractivity contribution in [2.45, 2.75) is 37.6 Å². The largest absolute Gasteiger partial charge is 0.339 e. The molecule has 1 aliphatic rings. The van der Waals surface area contributed by atoms with Crippen LogP contribution in [0.5, 0.6) is 0 Å². The molecule has 0 unspecified atom stereocenters. The Balaban J connectivity index is 1.61. The van der Waals surface area contributed by atoms with Crippen LogP contribution in [0, 0.1) is 11.3 Å². The lowest BCUT2D eigenvalue weighted by atomic mass is 9.97. The fraction of sp³-hybridized carbons (Fsp3) is 0.500. The molecule has 0 saturated carbocycles. The molecule has 8 nitrogen and oxygen atoms in total. The van der Waals surface area contributed by atoms with Gasteiger partial charge in [-0.3, -0.25) is 4.90 Å². The van der Waals surface area contributed by atoms with E-state index >= 15 is 0 Å². The van der Waals surface area contributed by atoms with Gasteiger partial charge < -0.3 is 4.52 Å². The fourth-order valence-electron chi connectivity index (χ4n) is 2.80. The first-order valence-corrected chi connectivity index (χ1v) is 10.2. The van der Waals surface area contributed by atoms with Crippen LogP contribution in [0.4, 0.5) is 0 Å². The summed E-state index contributed by atoms with van der Waals surface area (Å²) in [5, 5.41) is 12.9. The van der Waals surface area contributed by atoms with Crippen LogP contribution in [0.3, 0.4) is 0 Å². The second kappa shape index (κ2) is 7.38. The molecule has 0 aliphatic carbocycles. The van der Waals surface area contributed by atoms with E-state index in [1.54, 1.807) is 0 Å². The first kappa shape index (κ1) is 19.5. The lowest BCUT2D eigenvalue weighted by molar-refractivity contribution is 0.176. The second-order valence-corrected chi connectivity index (χ2v) is 9.52. The van der Waals surface area contributed by atoms with Crippen LogP contribution in [0.2, 0.25) is 0 Å². The summed E-state index contributed by atoms with van der Waals surface area (Å²) in [4.78, 5) is 6.75. The lowest BCUT2D eigenvalue weighted by Gasteiger charge is -2.33. The molecule has 0 atom stereocenters. The summed E-state index contributed by atoms with van der Waals surface area (Å²) in [5.74, 6) is 1.21. The van der Waals surface area contributed by atoms with Gasteiger partial charge in [0, 0.05) is 31.6 Å². The molecular formula is C18H23N5O3S. The van der Waals surface area contributed by atoms with Gasteiger partial charge in [0.25, 0.3) is 0 Å². The van der Waals surface area contributed by atoms with Crippen LogP contribution in [0.25, 0.3) is 0 Å². The molecule has 27 heavy (non-hydrogen) atoms. The SMILES string of the molecule is CC(C)(C)c1nc(CN2CCN(S(=O)(=O)c3ccc(C#N)cc3)CC2)no1. The van der Waals surface area contributed by atoms with Crippen molar-refractivity contribution in [2.24, 2.45) is 0 Å². The van der Waals surface area contributed by atoms with Gasteiger partial charge in [0.2, 0.25) is 15.9 Å². The highest BCUT2D eigenvalue weighted by atomic mass is 32.2. The molecular weight excluding hydrogens is 366 g/mol. The standard InChI is InChI=1S/C18H23N5O3S/c1-18(2,3)17-20-16(21-26-17)13-22-8-10-23(11-9-22)27(24,25)15-6-4-14(12-19)5-7-15/h4-7H,8-11,13H2,1-3H3. The summed E-state index contributed by atoms with van der Waals surface area (Å²) in [6.45, 7) is 8.54. The number of hydrogen-bond donors (Lipinski definition) is 0. The highest BCUT2D eigenvalue weighted by molar-refractivity contribution is 7.89. The smallest absolute Gasteiger partial charge is 0.243 e. The summed E-state index contributed by atoms with van der Waals surface area (Å²) < 4.78 is 32.3. The van der Waals surface area contributed by atoms with Crippen molar-refractivity contribution < 1.29 is 12.9 Å². The van der Waals surface area contributed by atoms with Crippen LogP contribution in [0.15, 0.2) is 33.7 Å². The molecule has 0 spiro atoms. The molecule has 2 aromatic rings. The van der Waals surface area contributed by atoms with Crippen molar-refractivity contribution >= 4 is 10.0 Å². The number of benzene rings is 1. The predicted molar refractivity (Wildman–Crippen MR) is 98.2 cm³/mol. The third-order valence-electron chi connectivity index (χ3n) is 4.43. The molecule has 1 aromatic heterocycles. The molecule has 144 valence electrons. The maximum absolute atomic E-state index is 12.8. The van der Waals surface area contributed by atoms with Gasteiger partial charge in [-0.15, -0.1) is 0 Å². The van der Waals surface area contributed by atoms with Crippen molar-refractivity contribution in [3.05, 3.63) is 41.5 Å². The number of piperazine rings is 1. The third kappa shape index (κ3) is 4.35. The maximum atomic E-state index is 12.8. The molecule has 1 saturated heterocycles. The van der Waals surface area contributed by atoms with Crippen LogP contribution in [-0.2, 0) is 22.0 Å². The summed E-state index contributed by atoms with van der Waals surface area (Å²) in [7, 11) is -3.55. The average molecular weight is 389 g/mol. The molecule has 2 heterocycles. The number of nitriles is 1. The Morgan fingerprint density at radius 2 is 1.78 bits per heavy atom. The predicted octanol–water partition coefficient (Wildman–Crippen LogP) is 1.75. The normalized spacial score (nSPS) is 17.0. The minimum atomic E-state index is -3.55. The van der Waals surface area contributed by atoms with Crippen molar-refractivity contribution in [3.63, 3.8) is 0 Å². The van der Waals surface area contributed by atoms with Crippen molar-refractivity contribution in [3.8, 4) is 6.07 Å². The monoisotopic (exact) mass is 389 g/mol. The van der Waals surface area contributed by atoms with E-state index in [0.29, 0.717) is 50.0 Å². The second-order valence-electron chi connectivity index (χ2n) is 7.58. The number of nitrogens with zero attached hydrogens (tertiary/aromatic N) is 5. The number of sulfonamides is 1. The van der Waals surface area contributed by atoms with E-state index in [1.807, 2.05) is 26.8 Å². The molecule has 0 N–H and O–H groups in total. The molecule has 1 aromatic carbocycles. The number of hydrogen-bond acceptors (Lipinski definition) is 7. The van der Waals surface area contributed by atoms with E-state index in [4.69, 9.17) is 9.78 Å². The highest BCUT2D eigenvalue weighted by Crippen LogP contribution is 2.21. The third-order valence-corrected chi connectivity index (χ3v) is 6.34. The van der Waals surface area contributed by atoms with Crippen molar-refractivity contribution in [2.75, 3.05) is 26.2 Å². The van der Waals surface area contributed by atoms with Gasteiger partial charge in [-0.2, -0.15) is 14.6 Å². The number of rotatable bonds is 4. The molecule has 3 rings (SSSR count). The summed E-state index contributed by atoms with van der Waals surface area (Å²) >= 11 is 0. The van der Waals surface area contributed by atoms with Gasteiger partial charge in [-0.25, -0.2) is 8.42 Å². The van der Waals surface area contributed by atoms with Crippen molar-refractivity contribution in [1.29, 1.82) is 5.26 Å². The molecule has 9 heteroatoms. The molecule has 0 amide bonds. The van der Waals surface area contributed by atoms with Gasteiger partial charge in [0.15, 0.2) is 5.82 Å². The highest BCUT2D eigenvalue weighted by Gasteiger charge is 2.29. The van der Waals surface area contributed by atoms with Crippen LogP contribution >= 0.6 is 0 Å². The minimum Gasteiger partial charge on any atom is -0.339 e. The van der Waals surface area contributed by atoms with Crippen LogP contribution in [-0.4, -0.2) is 53.9 Å². The fourth-order valence-corrected chi connectivity index (χ4v) is 4.22. The van der Waals surface area contributed by atoms with Gasteiger partial charge in [0.1, 0.15) is 0 Å². The van der Waals surface area contributed by atoms with E-state index in [0.717, 1.165) is 0 Å². The topological polar surface area (TPSA) is 103 Å². The Morgan fingerprint density at radius 1 is 1.15 bits per heavy atom. The van der Waals surface area contributed by atoms with E-state index in [1.165, 1.54) is 28.6 Å². The molecule has 0 bridgehead atoms. The van der Waals surface area contributed by atoms with E-state index in [9.17, 15) is 8.42 Å². The zero-order valence-electron chi connectivity index (χ0n) is 15.7. The Kier molecular flexibility index (Phi) is 5.33. The van der Waals surface area contributed by atoms with Gasteiger partial charge in [0.05, 0.1) is 23.1 Å². The Labute approximate surface area is 159 Å². The Morgan fingerprint density at radius 3 is 2.30 bits per heavy atom. The summed E-state index contributed by atoms with van der Waals surface area (Å²) in [6, 6.07) is 7.99. The molecule has 1 fully saturated rings. The van der Waals surface area contributed by atoms with Gasteiger partial charge in [-0.05, 0) is 24.3 Å². The molecule has 0 radical (unpaired) electrons. The quantitative estimate of drug-likeness (QED) is 0.784. The van der Waals surface area contributed by atoms with Crippen LogP contribution < -0.4 is 0 Å². The zero-order valence-corrected chi connectivity index (χ0v) is 16.5. The maximum Gasteiger partial charge on any atom is 0.243 e. The van der Waals surface area contributed by atoms with E-state index in [-0.39, 0.29) is 10.3 Å². The minimum absolute atomic E-state index is 0.195. The van der Waals surface area contributed by atoms with Gasteiger partial charge >= 0.3 is 0 Å². The summed E-state index contributed by atoms with van der Waals surface area (Å²) in [5.41, 5.74) is 0.243. The molecule has 1 aliphatic heterocycles. The van der Waals surface area contributed by atoms with Crippen LogP contribution in [0.1, 0.15) is 38.0 Å². The van der Waals surface area contributed by atoms with E-state index in [2.05, 4.69) is 15.0 Å². The number of aromatic nitrogens is 2. The first-order chi connectivity index (χ1) is 12.7. The first-order valence-electron chi connectivity index (χ1n) is 8.76. The van der Waals surface area contributed by atoms with Crippen molar-refractivity contribution in [1.82, 2.24) is 19.3 Å². The Bertz CT molecular complexity index is 931. The zero-order chi connectivity index (χ0) is 19.7. The van der Waals surface area contributed by atoms with E-state index < -0.39 is 10.0 Å². The lowest BCUT2D eigenvalue weighted by Crippen LogP contribution is -2.48. The summed E-state index contributed by atoms with van der Waals surface area (Å²) in [6.07, 6.45) is 0. The average Bonchev–Trinajstić information content (AvgIpc) is 3.11. The Hall–Kier alpha value is -2.28. The van der Waals surface area contributed by atoms with Gasteiger partial charge in [-0.1, -0.05) is 25.9 Å².